The molecule has 0 radical (unpaired) electrons. The van der Waals surface area contributed by atoms with Gasteiger partial charge in [-0.3, -0.25) is 9.78 Å². The fraction of sp³-hybridized carbons (Fsp3) is 0.455. The van der Waals surface area contributed by atoms with E-state index >= 15 is 0 Å². The van der Waals surface area contributed by atoms with Gasteiger partial charge in [0.25, 0.3) is 5.91 Å². The number of aromatic nitrogens is 1. The summed E-state index contributed by atoms with van der Waals surface area (Å²) in [5.74, 6) is -0.161. The second kappa shape index (κ2) is 6.07. The Morgan fingerprint density at radius 1 is 1.62 bits per heavy atom. The Labute approximate surface area is 95.4 Å². The van der Waals surface area contributed by atoms with E-state index in [2.05, 4.69) is 15.6 Å². The first-order chi connectivity index (χ1) is 7.67. The van der Waals surface area contributed by atoms with Crippen molar-refractivity contribution in [2.75, 3.05) is 18.4 Å². The van der Waals surface area contributed by atoms with Gasteiger partial charge in [-0.15, -0.1) is 0 Å². The lowest BCUT2D eigenvalue weighted by molar-refractivity contribution is 0.0951. The third-order valence-electron chi connectivity index (χ3n) is 2.10. The molecule has 1 aromatic heterocycles. The van der Waals surface area contributed by atoms with Gasteiger partial charge < -0.3 is 16.4 Å². The van der Waals surface area contributed by atoms with E-state index in [-0.39, 0.29) is 11.9 Å². The minimum absolute atomic E-state index is 0.161. The van der Waals surface area contributed by atoms with Crippen molar-refractivity contribution in [1.29, 1.82) is 0 Å². The Balaban J connectivity index is 2.74. The zero-order chi connectivity index (χ0) is 12.0. The average Bonchev–Trinajstić information content (AvgIpc) is 2.29. The van der Waals surface area contributed by atoms with Crippen LogP contribution in [-0.4, -0.2) is 30.0 Å². The molecule has 0 aromatic carbocycles. The van der Waals surface area contributed by atoms with Crippen LogP contribution in [0.3, 0.4) is 0 Å². The molecule has 1 heterocycles. The van der Waals surface area contributed by atoms with Gasteiger partial charge in [0.05, 0.1) is 0 Å². The first kappa shape index (κ1) is 12.4. The van der Waals surface area contributed by atoms with Crippen LogP contribution in [0.1, 0.15) is 24.3 Å². The zero-order valence-corrected chi connectivity index (χ0v) is 9.66. The number of hydrogen-bond acceptors (Lipinski definition) is 4. The van der Waals surface area contributed by atoms with Crippen molar-refractivity contribution in [3.63, 3.8) is 0 Å². The van der Waals surface area contributed by atoms with E-state index in [0.717, 1.165) is 5.69 Å². The average molecular weight is 222 g/mol. The van der Waals surface area contributed by atoms with Crippen molar-refractivity contribution in [3.05, 3.63) is 24.0 Å². The van der Waals surface area contributed by atoms with Gasteiger partial charge in [0, 0.05) is 31.0 Å². The van der Waals surface area contributed by atoms with Gasteiger partial charge in [0.15, 0.2) is 0 Å². The van der Waals surface area contributed by atoms with Gasteiger partial charge >= 0.3 is 0 Å². The van der Waals surface area contributed by atoms with E-state index in [1.54, 1.807) is 12.3 Å². The van der Waals surface area contributed by atoms with Crippen LogP contribution >= 0.6 is 0 Å². The Hall–Kier alpha value is -1.62. The summed E-state index contributed by atoms with van der Waals surface area (Å²) in [7, 11) is 0. The van der Waals surface area contributed by atoms with Crippen molar-refractivity contribution < 1.29 is 4.79 Å². The smallest absolute Gasteiger partial charge is 0.269 e. The summed E-state index contributed by atoms with van der Waals surface area (Å²) in [6, 6.07) is 3.70. The van der Waals surface area contributed by atoms with Crippen molar-refractivity contribution in [2.45, 2.75) is 19.9 Å². The quantitative estimate of drug-likeness (QED) is 0.681. The molecule has 0 bridgehead atoms. The van der Waals surface area contributed by atoms with Crippen LogP contribution in [0.2, 0.25) is 0 Å². The number of pyridine rings is 1. The monoisotopic (exact) mass is 222 g/mol. The van der Waals surface area contributed by atoms with Crippen molar-refractivity contribution >= 4 is 11.6 Å². The molecule has 4 N–H and O–H groups in total. The molecule has 0 aliphatic heterocycles. The van der Waals surface area contributed by atoms with E-state index in [9.17, 15) is 4.79 Å². The molecule has 1 aromatic rings. The number of anilines is 1. The molecule has 16 heavy (non-hydrogen) atoms. The lowest BCUT2D eigenvalue weighted by Gasteiger charge is -2.13. The van der Waals surface area contributed by atoms with Crippen LogP contribution in [0.4, 0.5) is 5.69 Å². The van der Waals surface area contributed by atoms with Crippen molar-refractivity contribution in [3.8, 4) is 0 Å². The zero-order valence-electron chi connectivity index (χ0n) is 9.66. The molecule has 1 amide bonds. The highest BCUT2D eigenvalue weighted by molar-refractivity contribution is 5.93. The SMILES string of the molecule is CCNC(=O)c1cc(NC(C)CN)ccn1. The first-order valence-electron chi connectivity index (χ1n) is 5.38. The topological polar surface area (TPSA) is 80.0 Å². The fourth-order valence-electron chi connectivity index (χ4n) is 1.24. The molecule has 1 atom stereocenters. The van der Waals surface area contributed by atoms with E-state index < -0.39 is 0 Å². The lowest BCUT2D eigenvalue weighted by Crippen LogP contribution is -2.26. The molecule has 1 rings (SSSR count). The predicted octanol–water partition coefficient (Wildman–Crippen LogP) is 0.590. The number of amides is 1. The summed E-state index contributed by atoms with van der Waals surface area (Å²) in [6.07, 6.45) is 1.61. The molecule has 1 unspecified atom stereocenters. The van der Waals surface area contributed by atoms with Crippen LogP contribution < -0.4 is 16.4 Å². The summed E-state index contributed by atoms with van der Waals surface area (Å²) in [5.41, 5.74) is 6.78. The van der Waals surface area contributed by atoms with E-state index in [1.807, 2.05) is 19.9 Å². The maximum absolute atomic E-state index is 11.5. The number of nitrogens with one attached hydrogen (secondary N) is 2. The van der Waals surface area contributed by atoms with Crippen LogP contribution in [0.25, 0.3) is 0 Å². The minimum atomic E-state index is -0.161. The molecule has 0 aliphatic carbocycles. The second-order valence-electron chi connectivity index (χ2n) is 3.57. The maximum Gasteiger partial charge on any atom is 0.269 e. The van der Waals surface area contributed by atoms with Gasteiger partial charge in [-0.2, -0.15) is 0 Å². The Bertz CT molecular complexity index is 354. The first-order valence-corrected chi connectivity index (χ1v) is 5.38. The highest BCUT2D eigenvalue weighted by Gasteiger charge is 2.07. The molecule has 5 nitrogen and oxygen atoms in total. The maximum atomic E-state index is 11.5. The standard InChI is InChI=1S/C11H18N4O/c1-3-13-11(16)10-6-9(4-5-14-10)15-8(2)7-12/h4-6,8H,3,7,12H2,1-2H3,(H,13,16)(H,14,15). The molecule has 88 valence electrons. The number of hydrogen-bond donors (Lipinski definition) is 3. The normalized spacial score (nSPS) is 11.9. The number of carbonyl (C=O) groups is 1. The fourth-order valence-corrected chi connectivity index (χ4v) is 1.24. The molecular weight excluding hydrogens is 204 g/mol. The molecular formula is C11H18N4O. The summed E-state index contributed by atoms with van der Waals surface area (Å²) >= 11 is 0. The highest BCUT2D eigenvalue weighted by Crippen LogP contribution is 2.09. The highest BCUT2D eigenvalue weighted by atomic mass is 16.1. The lowest BCUT2D eigenvalue weighted by atomic mass is 10.2. The molecule has 0 saturated carbocycles. The van der Waals surface area contributed by atoms with Crippen molar-refractivity contribution in [1.82, 2.24) is 10.3 Å². The summed E-state index contributed by atoms with van der Waals surface area (Å²) in [4.78, 5) is 15.5. The summed E-state index contributed by atoms with van der Waals surface area (Å²) in [5, 5.41) is 5.89. The molecule has 0 spiro atoms. The third kappa shape index (κ3) is 3.51. The molecule has 0 saturated heterocycles. The van der Waals surface area contributed by atoms with Crippen LogP contribution in [0.15, 0.2) is 18.3 Å². The summed E-state index contributed by atoms with van der Waals surface area (Å²) < 4.78 is 0. The Morgan fingerprint density at radius 2 is 2.38 bits per heavy atom. The molecule has 0 aliphatic rings. The number of nitrogens with two attached hydrogens (primary N) is 1. The van der Waals surface area contributed by atoms with Gasteiger partial charge in [-0.25, -0.2) is 0 Å². The molecule has 5 heteroatoms. The number of rotatable bonds is 5. The van der Waals surface area contributed by atoms with Gasteiger partial charge in [-0.1, -0.05) is 0 Å². The molecule has 0 fully saturated rings. The van der Waals surface area contributed by atoms with Gasteiger partial charge in [0.1, 0.15) is 5.69 Å². The number of nitrogens with zero attached hydrogens (tertiary/aromatic N) is 1. The minimum Gasteiger partial charge on any atom is -0.381 e. The second-order valence-corrected chi connectivity index (χ2v) is 3.57. The Morgan fingerprint density at radius 3 is 3.00 bits per heavy atom. The largest absolute Gasteiger partial charge is 0.381 e. The predicted molar refractivity (Wildman–Crippen MR) is 64.4 cm³/mol. The third-order valence-corrected chi connectivity index (χ3v) is 2.10. The van der Waals surface area contributed by atoms with Gasteiger partial charge in [0.2, 0.25) is 0 Å². The van der Waals surface area contributed by atoms with Crippen LogP contribution in [-0.2, 0) is 0 Å². The van der Waals surface area contributed by atoms with Crippen LogP contribution in [0, 0.1) is 0 Å². The van der Waals surface area contributed by atoms with E-state index in [4.69, 9.17) is 5.73 Å². The van der Waals surface area contributed by atoms with Gasteiger partial charge in [-0.05, 0) is 26.0 Å². The number of carbonyl (C=O) groups excluding carboxylic acids is 1. The van der Waals surface area contributed by atoms with E-state index in [0.29, 0.717) is 18.8 Å². The summed E-state index contributed by atoms with van der Waals surface area (Å²) in [6.45, 7) is 4.99. The Kier molecular flexibility index (Phi) is 4.72. The van der Waals surface area contributed by atoms with E-state index in [1.165, 1.54) is 0 Å². The van der Waals surface area contributed by atoms with Crippen molar-refractivity contribution in [2.24, 2.45) is 5.73 Å². The van der Waals surface area contributed by atoms with Crippen LogP contribution in [0.5, 0.6) is 0 Å².